The van der Waals surface area contributed by atoms with E-state index in [1.165, 1.54) is 11.3 Å². The van der Waals surface area contributed by atoms with Gasteiger partial charge in [0.15, 0.2) is 0 Å². The molecular weight excluding hydrogens is 220 g/mol. The third-order valence-corrected chi connectivity index (χ3v) is 2.43. The SMILES string of the molecule is CC#Cc1ccc(C#CC#C[C@H](O)CO)s1. The zero-order valence-electron chi connectivity index (χ0n) is 8.74. The zero-order valence-corrected chi connectivity index (χ0v) is 9.56. The van der Waals surface area contributed by atoms with E-state index in [2.05, 4.69) is 35.5 Å². The summed E-state index contributed by atoms with van der Waals surface area (Å²) in [5, 5.41) is 17.4. The van der Waals surface area contributed by atoms with E-state index < -0.39 is 6.10 Å². The molecule has 0 saturated heterocycles. The molecule has 0 fully saturated rings. The molecule has 0 radical (unpaired) electrons. The minimum Gasteiger partial charge on any atom is -0.393 e. The number of hydrogen-bond donors (Lipinski definition) is 2. The van der Waals surface area contributed by atoms with Crippen molar-refractivity contribution in [1.82, 2.24) is 0 Å². The largest absolute Gasteiger partial charge is 0.393 e. The van der Waals surface area contributed by atoms with Gasteiger partial charge in [0.1, 0.15) is 6.10 Å². The third-order valence-electron chi connectivity index (χ3n) is 1.51. The molecule has 0 aromatic carbocycles. The molecule has 1 rings (SSSR count). The molecular formula is C13H10O2S. The Hall–Kier alpha value is -1.70. The first-order chi connectivity index (χ1) is 7.76. The Balaban J connectivity index is 2.67. The molecule has 0 aliphatic carbocycles. The van der Waals surface area contributed by atoms with Crippen molar-refractivity contribution in [3.63, 3.8) is 0 Å². The summed E-state index contributed by atoms with van der Waals surface area (Å²) in [7, 11) is 0. The van der Waals surface area contributed by atoms with Gasteiger partial charge >= 0.3 is 0 Å². The number of thiophene rings is 1. The molecule has 2 N–H and O–H groups in total. The maximum Gasteiger partial charge on any atom is 0.138 e. The maximum atomic E-state index is 8.92. The Kier molecular flexibility index (Phi) is 5.20. The van der Waals surface area contributed by atoms with Crippen molar-refractivity contribution in [2.75, 3.05) is 6.61 Å². The molecule has 3 heteroatoms. The Morgan fingerprint density at radius 2 is 1.94 bits per heavy atom. The molecule has 1 heterocycles. The molecule has 2 nitrogen and oxygen atoms in total. The van der Waals surface area contributed by atoms with Crippen LogP contribution in [0.4, 0.5) is 0 Å². The van der Waals surface area contributed by atoms with Crippen LogP contribution in [0.3, 0.4) is 0 Å². The highest BCUT2D eigenvalue weighted by Crippen LogP contribution is 2.13. The highest BCUT2D eigenvalue weighted by Gasteiger charge is 1.93. The second kappa shape index (κ2) is 6.72. The van der Waals surface area contributed by atoms with Crippen molar-refractivity contribution in [2.45, 2.75) is 13.0 Å². The molecule has 0 spiro atoms. The smallest absolute Gasteiger partial charge is 0.138 e. The van der Waals surface area contributed by atoms with Crippen LogP contribution in [-0.2, 0) is 0 Å². The van der Waals surface area contributed by atoms with E-state index in [0.29, 0.717) is 0 Å². The van der Waals surface area contributed by atoms with Gasteiger partial charge in [0.05, 0.1) is 16.4 Å². The van der Waals surface area contributed by atoms with Crippen LogP contribution in [0.1, 0.15) is 16.7 Å². The zero-order chi connectivity index (χ0) is 11.8. The Morgan fingerprint density at radius 1 is 1.25 bits per heavy atom. The van der Waals surface area contributed by atoms with E-state index in [4.69, 9.17) is 10.2 Å². The molecule has 0 aliphatic rings. The summed E-state index contributed by atoms with van der Waals surface area (Å²) < 4.78 is 0. The normalized spacial score (nSPS) is 9.94. The lowest BCUT2D eigenvalue weighted by atomic mass is 10.3. The van der Waals surface area contributed by atoms with Gasteiger partial charge in [0.2, 0.25) is 0 Å². The molecule has 0 saturated carbocycles. The first-order valence-electron chi connectivity index (χ1n) is 4.59. The summed E-state index contributed by atoms with van der Waals surface area (Å²) >= 11 is 1.50. The summed E-state index contributed by atoms with van der Waals surface area (Å²) in [6, 6.07) is 3.78. The lowest BCUT2D eigenvalue weighted by Gasteiger charge is -1.90. The molecule has 1 aromatic heterocycles. The van der Waals surface area contributed by atoms with E-state index in [-0.39, 0.29) is 6.61 Å². The number of aliphatic hydroxyl groups is 2. The first-order valence-corrected chi connectivity index (χ1v) is 5.41. The average Bonchev–Trinajstić information content (AvgIpc) is 2.72. The van der Waals surface area contributed by atoms with Crippen LogP contribution in [0.5, 0.6) is 0 Å². The molecule has 0 bridgehead atoms. The van der Waals surface area contributed by atoms with Gasteiger partial charge < -0.3 is 10.2 Å². The van der Waals surface area contributed by atoms with Crippen molar-refractivity contribution in [3.05, 3.63) is 21.9 Å². The second-order valence-corrected chi connectivity index (χ2v) is 3.84. The Bertz CT molecular complexity index is 523. The second-order valence-electron chi connectivity index (χ2n) is 2.76. The number of hydrogen-bond acceptors (Lipinski definition) is 3. The summed E-state index contributed by atoms with van der Waals surface area (Å²) in [5.74, 6) is 16.1. The minimum atomic E-state index is -1.01. The van der Waals surface area contributed by atoms with Gasteiger partial charge in [0.25, 0.3) is 0 Å². The van der Waals surface area contributed by atoms with Crippen LogP contribution < -0.4 is 0 Å². The predicted octanol–water partition coefficient (Wildman–Crippen LogP) is 0.828. The third kappa shape index (κ3) is 4.22. The van der Waals surface area contributed by atoms with E-state index in [1.807, 2.05) is 12.1 Å². The molecule has 0 amide bonds. The average molecular weight is 230 g/mol. The van der Waals surface area contributed by atoms with Gasteiger partial charge in [-0.25, -0.2) is 0 Å². The van der Waals surface area contributed by atoms with Crippen LogP contribution in [0.15, 0.2) is 12.1 Å². The van der Waals surface area contributed by atoms with Gasteiger partial charge in [-0.15, -0.1) is 17.3 Å². The Labute approximate surface area is 98.9 Å². The van der Waals surface area contributed by atoms with Crippen molar-refractivity contribution >= 4 is 11.3 Å². The molecule has 1 aromatic rings. The fourth-order valence-electron chi connectivity index (χ4n) is 0.853. The van der Waals surface area contributed by atoms with Crippen LogP contribution >= 0.6 is 11.3 Å². The van der Waals surface area contributed by atoms with Crippen molar-refractivity contribution in [3.8, 4) is 35.5 Å². The molecule has 16 heavy (non-hydrogen) atoms. The standard InChI is InChI=1S/C13H10O2S/c1-2-5-12-8-9-13(16-12)7-4-3-6-11(15)10-14/h8-9,11,14-15H,10H2,1H3/t11-/m0/s1. The fourth-order valence-corrected chi connectivity index (χ4v) is 1.62. The fraction of sp³-hybridized carbons (Fsp3) is 0.231. The van der Waals surface area contributed by atoms with Crippen LogP contribution in [0.25, 0.3) is 0 Å². The summed E-state index contributed by atoms with van der Waals surface area (Å²) in [6.07, 6.45) is -1.01. The minimum absolute atomic E-state index is 0.371. The summed E-state index contributed by atoms with van der Waals surface area (Å²) in [5.41, 5.74) is 0. The van der Waals surface area contributed by atoms with E-state index in [1.54, 1.807) is 6.92 Å². The number of rotatable bonds is 1. The molecule has 80 valence electrons. The van der Waals surface area contributed by atoms with Gasteiger partial charge in [-0.1, -0.05) is 11.8 Å². The molecule has 0 aliphatic heterocycles. The van der Waals surface area contributed by atoms with Gasteiger partial charge in [-0.05, 0) is 36.8 Å². The van der Waals surface area contributed by atoms with E-state index in [9.17, 15) is 0 Å². The Morgan fingerprint density at radius 3 is 2.56 bits per heavy atom. The van der Waals surface area contributed by atoms with E-state index >= 15 is 0 Å². The molecule has 1 atom stereocenters. The topological polar surface area (TPSA) is 40.5 Å². The first kappa shape index (κ1) is 12.4. The molecule has 0 unspecified atom stereocenters. The van der Waals surface area contributed by atoms with Crippen LogP contribution in [-0.4, -0.2) is 22.9 Å². The van der Waals surface area contributed by atoms with E-state index in [0.717, 1.165) is 9.75 Å². The summed E-state index contributed by atoms with van der Waals surface area (Å²) in [6.45, 7) is 1.41. The van der Waals surface area contributed by atoms with Crippen molar-refractivity contribution in [2.24, 2.45) is 0 Å². The highest BCUT2D eigenvalue weighted by atomic mass is 32.1. The van der Waals surface area contributed by atoms with Crippen molar-refractivity contribution < 1.29 is 10.2 Å². The summed E-state index contributed by atoms with van der Waals surface area (Å²) in [4.78, 5) is 1.85. The lowest BCUT2D eigenvalue weighted by molar-refractivity contribution is 0.138. The van der Waals surface area contributed by atoms with Crippen molar-refractivity contribution in [1.29, 1.82) is 0 Å². The maximum absolute atomic E-state index is 8.92. The highest BCUT2D eigenvalue weighted by molar-refractivity contribution is 7.13. The predicted molar refractivity (Wildman–Crippen MR) is 64.6 cm³/mol. The number of aliphatic hydroxyl groups excluding tert-OH is 2. The van der Waals surface area contributed by atoms with Crippen LogP contribution in [0.2, 0.25) is 0 Å². The quantitative estimate of drug-likeness (QED) is 0.701. The van der Waals surface area contributed by atoms with Gasteiger partial charge in [-0.2, -0.15) is 0 Å². The van der Waals surface area contributed by atoms with Crippen LogP contribution in [0, 0.1) is 35.5 Å². The lowest BCUT2D eigenvalue weighted by Crippen LogP contribution is -2.07. The van der Waals surface area contributed by atoms with Gasteiger partial charge in [-0.3, -0.25) is 0 Å². The monoisotopic (exact) mass is 230 g/mol. The van der Waals surface area contributed by atoms with Gasteiger partial charge in [0, 0.05) is 0 Å².